The molecule has 0 amide bonds. The lowest BCUT2D eigenvalue weighted by atomic mass is 9.77. The van der Waals surface area contributed by atoms with E-state index < -0.39 is 0 Å². The van der Waals surface area contributed by atoms with Gasteiger partial charge >= 0.3 is 0 Å². The Hall–Kier alpha value is 0.480. The van der Waals surface area contributed by atoms with Gasteiger partial charge in [0.25, 0.3) is 0 Å². The Labute approximate surface area is 92.6 Å². The summed E-state index contributed by atoms with van der Waals surface area (Å²) in [4.78, 5) is 0. The Morgan fingerprint density at radius 2 is 1.46 bits per heavy atom. The van der Waals surface area contributed by atoms with Crippen LogP contribution in [0.1, 0.15) is 60.8 Å². The van der Waals surface area contributed by atoms with Crippen LogP contribution >= 0.6 is 15.9 Å². The van der Waals surface area contributed by atoms with Gasteiger partial charge in [0.2, 0.25) is 0 Å². The highest BCUT2D eigenvalue weighted by molar-refractivity contribution is 9.10. The highest BCUT2D eigenvalue weighted by atomic mass is 79.9. The first-order valence-electron chi connectivity index (χ1n) is 5.34. The van der Waals surface area contributed by atoms with Crippen molar-refractivity contribution in [2.75, 3.05) is 0 Å². The van der Waals surface area contributed by atoms with Gasteiger partial charge in [-0.2, -0.15) is 0 Å². The standard InChI is InChI=1S/C12H25Br/c1-10(2)11(3,4)8-7-9-12(5,6)13/h10H,7-9H2,1-6H3. The Kier molecular flexibility index (Phi) is 4.99. The molecule has 0 unspecified atom stereocenters. The van der Waals surface area contributed by atoms with E-state index in [2.05, 4.69) is 57.5 Å². The number of alkyl halides is 1. The average molecular weight is 249 g/mol. The van der Waals surface area contributed by atoms with E-state index in [1.165, 1.54) is 19.3 Å². The zero-order chi connectivity index (χ0) is 10.7. The summed E-state index contributed by atoms with van der Waals surface area (Å²) in [5.41, 5.74) is 0.498. The average Bonchev–Trinajstić information content (AvgIpc) is 1.82. The van der Waals surface area contributed by atoms with Crippen molar-refractivity contribution in [2.45, 2.75) is 65.1 Å². The van der Waals surface area contributed by atoms with E-state index in [9.17, 15) is 0 Å². The van der Waals surface area contributed by atoms with Crippen LogP contribution in [0.5, 0.6) is 0 Å². The minimum absolute atomic E-state index is 0.320. The first-order valence-corrected chi connectivity index (χ1v) is 6.13. The molecule has 0 heterocycles. The predicted octanol–water partition coefficient (Wildman–Crippen LogP) is 5.01. The van der Waals surface area contributed by atoms with Gasteiger partial charge < -0.3 is 0 Å². The largest absolute Gasteiger partial charge is 0.0859 e. The van der Waals surface area contributed by atoms with Gasteiger partial charge in [-0.25, -0.2) is 0 Å². The van der Waals surface area contributed by atoms with Crippen molar-refractivity contribution in [2.24, 2.45) is 11.3 Å². The summed E-state index contributed by atoms with van der Waals surface area (Å²) < 4.78 is 0.320. The van der Waals surface area contributed by atoms with E-state index in [1.54, 1.807) is 0 Å². The van der Waals surface area contributed by atoms with Crippen molar-refractivity contribution < 1.29 is 0 Å². The highest BCUT2D eigenvalue weighted by Crippen LogP contribution is 2.34. The molecule has 0 radical (unpaired) electrons. The summed E-state index contributed by atoms with van der Waals surface area (Å²) in [5.74, 6) is 0.783. The smallest absolute Gasteiger partial charge is 0.0201 e. The molecular weight excluding hydrogens is 224 g/mol. The maximum atomic E-state index is 3.68. The minimum Gasteiger partial charge on any atom is -0.0859 e. The van der Waals surface area contributed by atoms with Crippen LogP contribution in [0.25, 0.3) is 0 Å². The molecule has 0 atom stereocenters. The fourth-order valence-corrected chi connectivity index (χ4v) is 1.53. The molecule has 0 N–H and O–H groups in total. The molecule has 0 rings (SSSR count). The van der Waals surface area contributed by atoms with Crippen LogP contribution in [0.4, 0.5) is 0 Å². The second kappa shape index (κ2) is 4.82. The molecule has 0 saturated heterocycles. The summed E-state index contributed by atoms with van der Waals surface area (Å²) in [7, 11) is 0. The summed E-state index contributed by atoms with van der Waals surface area (Å²) in [6, 6.07) is 0. The minimum atomic E-state index is 0.320. The SMILES string of the molecule is CC(C)C(C)(C)CCCC(C)(C)Br. The van der Waals surface area contributed by atoms with E-state index in [4.69, 9.17) is 0 Å². The van der Waals surface area contributed by atoms with Gasteiger partial charge in [0.05, 0.1) is 0 Å². The van der Waals surface area contributed by atoms with Crippen LogP contribution in [0.15, 0.2) is 0 Å². The third kappa shape index (κ3) is 6.54. The molecule has 1 heteroatoms. The quantitative estimate of drug-likeness (QED) is 0.600. The van der Waals surface area contributed by atoms with Crippen LogP contribution in [-0.4, -0.2) is 4.32 Å². The fourth-order valence-electron chi connectivity index (χ4n) is 1.25. The molecule has 0 aliphatic carbocycles. The molecular formula is C12H25Br. The molecule has 0 saturated carbocycles. The number of rotatable bonds is 5. The van der Waals surface area contributed by atoms with E-state index in [-0.39, 0.29) is 0 Å². The third-order valence-electron chi connectivity index (χ3n) is 3.16. The topological polar surface area (TPSA) is 0 Å². The molecule has 0 aromatic heterocycles. The van der Waals surface area contributed by atoms with Gasteiger partial charge in [-0.1, -0.05) is 63.9 Å². The lowest BCUT2D eigenvalue weighted by Crippen LogP contribution is -2.20. The Balaban J connectivity index is 3.77. The maximum Gasteiger partial charge on any atom is 0.0201 e. The van der Waals surface area contributed by atoms with Gasteiger partial charge in [0.1, 0.15) is 0 Å². The van der Waals surface area contributed by atoms with E-state index in [0.717, 1.165) is 5.92 Å². The van der Waals surface area contributed by atoms with Crippen molar-refractivity contribution in [1.82, 2.24) is 0 Å². The monoisotopic (exact) mass is 248 g/mol. The van der Waals surface area contributed by atoms with Crippen molar-refractivity contribution >= 4 is 15.9 Å². The molecule has 0 aromatic carbocycles. The van der Waals surface area contributed by atoms with Crippen LogP contribution < -0.4 is 0 Å². The van der Waals surface area contributed by atoms with Crippen molar-refractivity contribution in [3.8, 4) is 0 Å². The normalized spacial score (nSPS) is 13.8. The zero-order valence-corrected chi connectivity index (χ0v) is 11.7. The Bertz CT molecular complexity index is 140. The maximum absolute atomic E-state index is 3.68. The van der Waals surface area contributed by atoms with Gasteiger partial charge in [-0.15, -0.1) is 0 Å². The van der Waals surface area contributed by atoms with Crippen molar-refractivity contribution in [3.63, 3.8) is 0 Å². The Morgan fingerprint density at radius 3 is 1.77 bits per heavy atom. The lowest BCUT2D eigenvalue weighted by molar-refractivity contribution is 0.219. The van der Waals surface area contributed by atoms with E-state index in [1.807, 2.05) is 0 Å². The van der Waals surface area contributed by atoms with Gasteiger partial charge in [-0.3, -0.25) is 0 Å². The van der Waals surface area contributed by atoms with E-state index >= 15 is 0 Å². The molecule has 0 aliphatic heterocycles. The first kappa shape index (κ1) is 13.5. The highest BCUT2D eigenvalue weighted by Gasteiger charge is 2.23. The predicted molar refractivity (Wildman–Crippen MR) is 65.5 cm³/mol. The molecule has 0 aromatic rings. The summed E-state index contributed by atoms with van der Waals surface area (Å²) >= 11 is 3.68. The molecule has 80 valence electrons. The van der Waals surface area contributed by atoms with Crippen LogP contribution in [-0.2, 0) is 0 Å². The van der Waals surface area contributed by atoms with Crippen LogP contribution in [0.2, 0.25) is 0 Å². The summed E-state index contributed by atoms with van der Waals surface area (Å²) in [6.45, 7) is 13.9. The van der Waals surface area contributed by atoms with Crippen LogP contribution in [0, 0.1) is 11.3 Å². The molecule has 13 heavy (non-hydrogen) atoms. The molecule has 0 fully saturated rings. The first-order chi connectivity index (χ1) is 5.65. The Morgan fingerprint density at radius 1 is 1.00 bits per heavy atom. The van der Waals surface area contributed by atoms with Crippen LogP contribution in [0.3, 0.4) is 0 Å². The van der Waals surface area contributed by atoms with Gasteiger partial charge in [0.15, 0.2) is 0 Å². The molecule has 0 aliphatic rings. The van der Waals surface area contributed by atoms with Crippen molar-refractivity contribution in [3.05, 3.63) is 0 Å². The zero-order valence-electron chi connectivity index (χ0n) is 10.1. The summed E-state index contributed by atoms with van der Waals surface area (Å²) in [5, 5.41) is 0. The number of hydrogen-bond donors (Lipinski definition) is 0. The number of halogens is 1. The second-order valence-corrected chi connectivity index (χ2v) is 7.86. The van der Waals surface area contributed by atoms with Gasteiger partial charge in [0, 0.05) is 4.32 Å². The second-order valence-electron chi connectivity index (χ2n) is 5.72. The molecule has 0 spiro atoms. The molecule has 0 bridgehead atoms. The number of hydrogen-bond acceptors (Lipinski definition) is 0. The van der Waals surface area contributed by atoms with Crippen molar-refractivity contribution in [1.29, 1.82) is 0 Å². The lowest BCUT2D eigenvalue weighted by Gasteiger charge is -2.30. The van der Waals surface area contributed by atoms with Gasteiger partial charge in [-0.05, 0) is 24.2 Å². The third-order valence-corrected chi connectivity index (χ3v) is 3.55. The van der Waals surface area contributed by atoms with E-state index in [0.29, 0.717) is 9.74 Å². The fraction of sp³-hybridized carbons (Fsp3) is 1.00. The summed E-state index contributed by atoms with van der Waals surface area (Å²) in [6.07, 6.45) is 3.92. The molecule has 0 nitrogen and oxygen atoms in total.